The number of carbonyl (C=O) groups excluding carboxylic acids is 1. The molecule has 0 bridgehead atoms. The first-order chi connectivity index (χ1) is 14.0. The molecule has 4 N–H and O–H groups in total. The van der Waals surface area contributed by atoms with E-state index in [0.29, 0.717) is 26.1 Å². The third kappa shape index (κ3) is 5.20. The Morgan fingerprint density at radius 3 is 2.90 bits per heavy atom. The van der Waals surface area contributed by atoms with Gasteiger partial charge in [0.05, 0.1) is 18.6 Å². The van der Waals surface area contributed by atoms with Gasteiger partial charge in [0.2, 0.25) is 5.91 Å². The summed E-state index contributed by atoms with van der Waals surface area (Å²) >= 11 is 0. The molecular weight excluding hydrogens is 370 g/mol. The number of aromatic amines is 1. The van der Waals surface area contributed by atoms with Crippen LogP contribution < -0.4 is 10.6 Å². The molecule has 158 valence electrons. The Kier molecular flexibility index (Phi) is 7.35. The number of aliphatic hydroxyl groups is 1. The largest absolute Gasteiger partial charge is 0.392 e. The van der Waals surface area contributed by atoms with Crippen molar-refractivity contribution < 1.29 is 14.6 Å². The summed E-state index contributed by atoms with van der Waals surface area (Å²) in [5.41, 5.74) is 1.92. The molecule has 2 heterocycles. The molecule has 0 aliphatic heterocycles. The molecular formula is C21H31N5O3. The number of methoxy groups -OCH3 is 1. The predicted molar refractivity (Wildman–Crippen MR) is 109 cm³/mol. The highest BCUT2D eigenvalue weighted by molar-refractivity contribution is 5.80. The van der Waals surface area contributed by atoms with E-state index in [1.54, 1.807) is 19.5 Å². The first-order valence-electron chi connectivity index (χ1n) is 10.1. The quantitative estimate of drug-likeness (QED) is 0.472. The Morgan fingerprint density at radius 1 is 1.41 bits per heavy atom. The number of imidazole rings is 1. The van der Waals surface area contributed by atoms with Gasteiger partial charge in [0, 0.05) is 62.4 Å². The van der Waals surface area contributed by atoms with Gasteiger partial charge in [0.15, 0.2) is 0 Å². The van der Waals surface area contributed by atoms with E-state index in [2.05, 4.69) is 39.4 Å². The van der Waals surface area contributed by atoms with Crippen LogP contribution in [0.3, 0.4) is 0 Å². The Morgan fingerprint density at radius 2 is 2.24 bits per heavy atom. The van der Waals surface area contributed by atoms with Crippen molar-refractivity contribution in [2.24, 2.45) is 5.92 Å². The minimum absolute atomic E-state index is 0.0659. The van der Waals surface area contributed by atoms with Gasteiger partial charge in [-0.25, -0.2) is 4.98 Å². The van der Waals surface area contributed by atoms with Gasteiger partial charge in [-0.05, 0) is 18.1 Å². The number of aromatic nitrogens is 3. The average molecular weight is 402 g/mol. The van der Waals surface area contributed by atoms with Crippen LogP contribution in [0.5, 0.6) is 0 Å². The zero-order valence-electron chi connectivity index (χ0n) is 17.3. The standard InChI is InChI=1S/C21H31N5O3/c1-13(2)20-25-12-17(26-20)18-16(24-11-14-5-4-6-22-10-14)9-15(19(18)27)21(28)23-7-8-29-3/h4-6,10,12-13,15-16,18-19,24,27H,7-9,11H2,1-3H3,(H,23,28)(H,25,26)/t15-,16+,18+,19+/m0/s1. The van der Waals surface area contributed by atoms with Gasteiger partial charge in [-0.3, -0.25) is 9.78 Å². The number of nitrogens with zero attached hydrogens (tertiary/aromatic N) is 2. The summed E-state index contributed by atoms with van der Waals surface area (Å²) in [4.78, 5) is 24.6. The van der Waals surface area contributed by atoms with Gasteiger partial charge in [-0.15, -0.1) is 0 Å². The minimum atomic E-state index is -0.801. The van der Waals surface area contributed by atoms with Crippen molar-refractivity contribution in [1.29, 1.82) is 0 Å². The van der Waals surface area contributed by atoms with E-state index < -0.39 is 12.0 Å². The summed E-state index contributed by atoms with van der Waals surface area (Å²) in [6.07, 6.45) is 5.08. The molecule has 2 aromatic heterocycles. The Hall–Kier alpha value is -2.29. The molecule has 0 aromatic carbocycles. The number of hydrogen-bond donors (Lipinski definition) is 4. The van der Waals surface area contributed by atoms with Gasteiger partial charge < -0.3 is 25.5 Å². The van der Waals surface area contributed by atoms with Crippen LogP contribution in [0.15, 0.2) is 30.7 Å². The fraction of sp³-hybridized carbons (Fsp3) is 0.571. The fourth-order valence-electron chi connectivity index (χ4n) is 3.89. The maximum absolute atomic E-state index is 12.7. The molecule has 1 aliphatic carbocycles. The lowest BCUT2D eigenvalue weighted by Gasteiger charge is -2.22. The van der Waals surface area contributed by atoms with E-state index in [9.17, 15) is 9.90 Å². The van der Waals surface area contributed by atoms with Crippen LogP contribution in [0.4, 0.5) is 0 Å². The van der Waals surface area contributed by atoms with Gasteiger partial charge in [-0.2, -0.15) is 0 Å². The normalized spacial score (nSPS) is 24.2. The van der Waals surface area contributed by atoms with Gasteiger partial charge in [0.25, 0.3) is 0 Å². The first kappa shape index (κ1) is 21.4. The molecule has 8 heteroatoms. The molecule has 0 radical (unpaired) electrons. The Balaban J connectivity index is 1.76. The molecule has 4 atom stereocenters. The van der Waals surface area contributed by atoms with Crippen LogP contribution in [-0.4, -0.2) is 58.4 Å². The first-order valence-corrected chi connectivity index (χ1v) is 10.1. The van der Waals surface area contributed by atoms with Crippen LogP contribution in [0.25, 0.3) is 0 Å². The summed E-state index contributed by atoms with van der Waals surface area (Å²) < 4.78 is 5.00. The highest BCUT2D eigenvalue weighted by Crippen LogP contribution is 2.39. The lowest BCUT2D eigenvalue weighted by molar-refractivity contribution is -0.127. The summed E-state index contributed by atoms with van der Waals surface area (Å²) in [7, 11) is 1.59. The Labute approximate surface area is 171 Å². The average Bonchev–Trinajstić information content (AvgIpc) is 3.32. The number of rotatable bonds is 9. The highest BCUT2D eigenvalue weighted by atomic mass is 16.5. The second-order valence-electron chi connectivity index (χ2n) is 7.87. The van der Waals surface area contributed by atoms with Crippen LogP contribution in [0.2, 0.25) is 0 Å². The van der Waals surface area contributed by atoms with Crippen molar-refractivity contribution in [3.8, 4) is 0 Å². The van der Waals surface area contributed by atoms with Crippen molar-refractivity contribution in [3.05, 3.63) is 47.8 Å². The molecule has 0 unspecified atom stereocenters. The number of H-pyrrole nitrogens is 1. The SMILES string of the molecule is COCCNC(=O)[C@H]1C[C@@H](NCc2cccnc2)[C@H](c2cnc(C(C)C)[nH]2)[C@@H]1O. The van der Waals surface area contributed by atoms with Crippen molar-refractivity contribution in [2.75, 3.05) is 20.3 Å². The monoisotopic (exact) mass is 401 g/mol. The molecule has 2 aromatic rings. The molecule has 1 fully saturated rings. The van der Waals surface area contributed by atoms with E-state index in [1.807, 2.05) is 18.3 Å². The van der Waals surface area contributed by atoms with Crippen molar-refractivity contribution in [1.82, 2.24) is 25.6 Å². The van der Waals surface area contributed by atoms with Crippen molar-refractivity contribution in [3.63, 3.8) is 0 Å². The van der Waals surface area contributed by atoms with Crippen molar-refractivity contribution in [2.45, 2.75) is 50.8 Å². The third-order valence-corrected chi connectivity index (χ3v) is 5.48. The number of aliphatic hydroxyl groups excluding tert-OH is 1. The van der Waals surface area contributed by atoms with E-state index >= 15 is 0 Å². The fourth-order valence-corrected chi connectivity index (χ4v) is 3.89. The maximum atomic E-state index is 12.7. The van der Waals surface area contributed by atoms with Gasteiger partial charge >= 0.3 is 0 Å². The minimum Gasteiger partial charge on any atom is -0.392 e. The topological polar surface area (TPSA) is 112 Å². The van der Waals surface area contributed by atoms with Gasteiger partial charge in [-0.1, -0.05) is 19.9 Å². The van der Waals surface area contributed by atoms with E-state index in [0.717, 1.165) is 17.1 Å². The lowest BCUT2D eigenvalue weighted by Crippen LogP contribution is -2.37. The smallest absolute Gasteiger partial charge is 0.225 e. The summed E-state index contributed by atoms with van der Waals surface area (Å²) in [5, 5.41) is 17.4. The number of amides is 1. The molecule has 0 saturated heterocycles. The molecule has 1 aliphatic rings. The number of ether oxygens (including phenoxy) is 1. The molecule has 29 heavy (non-hydrogen) atoms. The molecule has 8 nitrogen and oxygen atoms in total. The van der Waals surface area contributed by atoms with Crippen LogP contribution >= 0.6 is 0 Å². The van der Waals surface area contributed by atoms with Gasteiger partial charge in [0.1, 0.15) is 5.82 Å². The summed E-state index contributed by atoms with van der Waals surface area (Å²) in [6.45, 7) is 5.62. The number of hydrogen-bond acceptors (Lipinski definition) is 6. The molecule has 3 rings (SSSR count). The van der Waals surface area contributed by atoms with E-state index in [-0.39, 0.29) is 23.8 Å². The lowest BCUT2D eigenvalue weighted by atomic mass is 9.96. The second kappa shape index (κ2) is 9.96. The Bertz CT molecular complexity index is 780. The number of carbonyl (C=O) groups is 1. The van der Waals surface area contributed by atoms with Crippen LogP contribution in [0.1, 0.15) is 49.2 Å². The third-order valence-electron chi connectivity index (χ3n) is 5.48. The van der Waals surface area contributed by atoms with E-state index in [4.69, 9.17) is 4.74 Å². The molecule has 1 saturated carbocycles. The molecule has 1 amide bonds. The summed E-state index contributed by atoms with van der Waals surface area (Å²) in [6, 6.07) is 3.83. The second-order valence-corrected chi connectivity index (χ2v) is 7.87. The zero-order valence-corrected chi connectivity index (χ0v) is 17.3. The number of nitrogens with one attached hydrogen (secondary N) is 3. The highest BCUT2D eigenvalue weighted by Gasteiger charge is 2.47. The molecule has 0 spiro atoms. The predicted octanol–water partition coefficient (Wildman–Crippen LogP) is 1.31. The van der Waals surface area contributed by atoms with Crippen LogP contribution in [-0.2, 0) is 16.1 Å². The van der Waals surface area contributed by atoms with Crippen LogP contribution in [0, 0.1) is 5.92 Å². The zero-order chi connectivity index (χ0) is 20.8. The summed E-state index contributed by atoms with van der Waals surface area (Å²) in [5.74, 6) is 0.260. The number of pyridine rings is 1. The van der Waals surface area contributed by atoms with E-state index in [1.165, 1.54) is 0 Å². The van der Waals surface area contributed by atoms with Crippen molar-refractivity contribution >= 4 is 5.91 Å². The maximum Gasteiger partial charge on any atom is 0.225 e.